The van der Waals surface area contributed by atoms with Crippen molar-refractivity contribution in [2.24, 2.45) is 5.73 Å². The van der Waals surface area contributed by atoms with E-state index in [2.05, 4.69) is 15.6 Å². The smallest absolute Gasteiger partial charge is 0.273 e. The van der Waals surface area contributed by atoms with Gasteiger partial charge in [-0.05, 0) is 44.5 Å². The lowest BCUT2D eigenvalue weighted by Crippen LogP contribution is -2.29. The van der Waals surface area contributed by atoms with E-state index in [0.29, 0.717) is 17.9 Å². The van der Waals surface area contributed by atoms with E-state index in [1.807, 2.05) is 38.1 Å². The fraction of sp³-hybridized carbons (Fsp3) is 0.400. The third kappa shape index (κ3) is 4.67. The van der Waals surface area contributed by atoms with Gasteiger partial charge in [-0.25, -0.2) is 4.68 Å². The number of halogens is 1. The largest absolute Gasteiger partial charge is 0.497 e. The fourth-order valence-electron chi connectivity index (χ4n) is 2.00. The van der Waals surface area contributed by atoms with Gasteiger partial charge in [-0.2, -0.15) is 0 Å². The van der Waals surface area contributed by atoms with Crippen molar-refractivity contribution in [3.05, 3.63) is 35.7 Å². The normalized spacial score (nSPS) is 11.5. The molecule has 0 aliphatic heterocycles. The summed E-state index contributed by atoms with van der Waals surface area (Å²) in [6.45, 7) is 4.23. The summed E-state index contributed by atoms with van der Waals surface area (Å²) in [6, 6.07) is 7.44. The van der Waals surface area contributed by atoms with Gasteiger partial charge < -0.3 is 15.8 Å². The Bertz CT molecular complexity index is 640. The van der Waals surface area contributed by atoms with Gasteiger partial charge in [0.15, 0.2) is 5.69 Å². The highest BCUT2D eigenvalue weighted by Gasteiger charge is 2.17. The average molecular weight is 340 g/mol. The standard InChI is InChI=1S/C15H21N5O2.ClH/c1-10(16)8-9-17-15(21)14-11(2)20(19-18-14)12-4-6-13(22-3)7-5-12;/h4-7,10H,8-9,16H2,1-3H3,(H,17,21);1H. The predicted octanol–water partition coefficient (Wildman–Crippen LogP) is 1.47. The molecule has 1 aromatic heterocycles. The topological polar surface area (TPSA) is 95.1 Å². The van der Waals surface area contributed by atoms with Crippen LogP contribution in [-0.4, -0.2) is 40.6 Å². The lowest BCUT2D eigenvalue weighted by Gasteiger charge is -2.07. The summed E-state index contributed by atoms with van der Waals surface area (Å²) < 4.78 is 6.75. The highest BCUT2D eigenvalue weighted by Crippen LogP contribution is 2.16. The summed E-state index contributed by atoms with van der Waals surface area (Å²) in [5.41, 5.74) is 7.48. The molecule has 1 atom stereocenters. The van der Waals surface area contributed by atoms with Crippen LogP contribution in [0.25, 0.3) is 5.69 Å². The van der Waals surface area contributed by atoms with Gasteiger partial charge in [-0.3, -0.25) is 4.79 Å². The summed E-state index contributed by atoms with van der Waals surface area (Å²) in [5.74, 6) is 0.522. The van der Waals surface area contributed by atoms with E-state index < -0.39 is 0 Å². The Labute approximate surface area is 141 Å². The quantitative estimate of drug-likeness (QED) is 0.831. The monoisotopic (exact) mass is 339 g/mol. The number of hydrogen-bond donors (Lipinski definition) is 2. The molecule has 23 heavy (non-hydrogen) atoms. The highest BCUT2D eigenvalue weighted by molar-refractivity contribution is 5.93. The second-order valence-electron chi connectivity index (χ2n) is 5.16. The van der Waals surface area contributed by atoms with Crippen LogP contribution in [-0.2, 0) is 0 Å². The van der Waals surface area contributed by atoms with Crippen LogP contribution >= 0.6 is 12.4 Å². The maximum Gasteiger partial charge on any atom is 0.273 e. The Balaban J connectivity index is 0.00000264. The van der Waals surface area contributed by atoms with Crippen LogP contribution < -0.4 is 15.8 Å². The molecule has 0 bridgehead atoms. The Kier molecular flexibility index (Phi) is 6.99. The van der Waals surface area contributed by atoms with E-state index in [1.165, 1.54) is 0 Å². The number of benzene rings is 1. The first-order valence-corrected chi connectivity index (χ1v) is 7.13. The molecule has 0 radical (unpaired) electrons. The number of ether oxygens (including phenoxy) is 1. The molecule has 3 N–H and O–H groups in total. The Morgan fingerprint density at radius 1 is 1.39 bits per heavy atom. The van der Waals surface area contributed by atoms with Crippen molar-refractivity contribution in [3.8, 4) is 11.4 Å². The molecule has 1 unspecified atom stereocenters. The van der Waals surface area contributed by atoms with Crippen molar-refractivity contribution in [3.63, 3.8) is 0 Å². The Morgan fingerprint density at radius 3 is 2.61 bits per heavy atom. The van der Waals surface area contributed by atoms with Crippen molar-refractivity contribution in [1.29, 1.82) is 0 Å². The number of carbonyl (C=O) groups excluding carboxylic acids is 1. The molecular weight excluding hydrogens is 318 g/mol. The van der Waals surface area contributed by atoms with Crippen molar-refractivity contribution < 1.29 is 9.53 Å². The maximum absolute atomic E-state index is 12.1. The van der Waals surface area contributed by atoms with Gasteiger partial charge in [-0.1, -0.05) is 5.21 Å². The molecular formula is C15H22ClN5O2. The van der Waals surface area contributed by atoms with Crippen LogP contribution in [0.15, 0.2) is 24.3 Å². The number of nitrogens with one attached hydrogen (secondary N) is 1. The minimum Gasteiger partial charge on any atom is -0.497 e. The highest BCUT2D eigenvalue weighted by atomic mass is 35.5. The van der Waals surface area contributed by atoms with Crippen LogP contribution in [0.3, 0.4) is 0 Å². The van der Waals surface area contributed by atoms with Crippen molar-refractivity contribution in [2.45, 2.75) is 26.3 Å². The molecule has 0 saturated carbocycles. The number of aromatic nitrogens is 3. The molecule has 0 aliphatic rings. The lowest BCUT2D eigenvalue weighted by atomic mass is 10.2. The second kappa shape index (κ2) is 8.50. The second-order valence-corrected chi connectivity index (χ2v) is 5.16. The van der Waals surface area contributed by atoms with Gasteiger partial charge in [0.05, 0.1) is 18.5 Å². The zero-order valence-corrected chi connectivity index (χ0v) is 14.3. The summed E-state index contributed by atoms with van der Waals surface area (Å²) in [4.78, 5) is 12.1. The molecule has 2 aromatic rings. The van der Waals surface area contributed by atoms with Gasteiger partial charge in [0.1, 0.15) is 5.75 Å². The number of methoxy groups -OCH3 is 1. The summed E-state index contributed by atoms with van der Waals surface area (Å²) in [6.07, 6.45) is 0.720. The third-order valence-corrected chi connectivity index (χ3v) is 3.31. The van der Waals surface area contributed by atoms with Crippen LogP contribution in [0, 0.1) is 6.92 Å². The van der Waals surface area contributed by atoms with Crippen molar-refractivity contribution in [2.75, 3.05) is 13.7 Å². The zero-order valence-electron chi connectivity index (χ0n) is 13.4. The average Bonchev–Trinajstić information content (AvgIpc) is 2.88. The molecule has 8 heteroatoms. The van der Waals surface area contributed by atoms with Crippen LogP contribution in [0.2, 0.25) is 0 Å². The molecule has 0 aliphatic carbocycles. The third-order valence-electron chi connectivity index (χ3n) is 3.31. The molecule has 0 fully saturated rings. The molecule has 0 spiro atoms. The molecule has 7 nitrogen and oxygen atoms in total. The fourth-order valence-corrected chi connectivity index (χ4v) is 2.00. The van der Waals surface area contributed by atoms with Crippen molar-refractivity contribution >= 4 is 18.3 Å². The molecule has 2 rings (SSSR count). The predicted molar refractivity (Wildman–Crippen MR) is 90.5 cm³/mol. The summed E-state index contributed by atoms with van der Waals surface area (Å²) in [5, 5.41) is 10.8. The minimum absolute atomic E-state index is 0. The van der Waals surface area contributed by atoms with E-state index in [9.17, 15) is 4.79 Å². The number of amides is 1. The first kappa shape index (κ1) is 18.9. The Hall–Kier alpha value is -2.12. The zero-order chi connectivity index (χ0) is 16.1. The minimum atomic E-state index is -0.238. The van der Waals surface area contributed by atoms with E-state index >= 15 is 0 Å². The molecule has 126 valence electrons. The van der Waals surface area contributed by atoms with E-state index in [1.54, 1.807) is 11.8 Å². The van der Waals surface area contributed by atoms with E-state index in [0.717, 1.165) is 17.9 Å². The first-order chi connectivity index (χ1) is 10.5. The van der Waals surface area contributed by atoms with Gasteiger partial charge in [-0.15, -0.1) is 17.5 Å². The number of nitrogens with zero attached hydrogens (tertiary/aromatic N) is 3. The van der Waals surface area contributed by atoms with Crippen LogP contribution in [0.1, 0.15) is 29.5 Å². The Morgan fingerprint density at radius 2 is 2.04 bits per heavy atom. The molecule has 1 heterocycles. The van der Waals surface area contributed by atoms with Gasteiger partial charge in [0.25, 0.3) is 5.91 Å². The van der Waals surface area contributed by atoms with E-state index in [-0.39, 0.29) is 24.4 Å². The number of rotatable bonds is 6. The summed E-state index contributed by atoms with van der Waals surface area (Å²) >= 11 is 0. The number of nitrogens with two attached hydrogens (primary N) is 1. The molecule has 1 amide bonds. The lowest BCUT2D eigenvalue weighted by molar-refractivity contribution is 0.0947. The SMILES string of the molecule is COc1ccc(-n2nnc(C(=O)NCCC(C)N)c2C)cc1.Cl. The summed E-state index contributed by atoms with van der Waals surface area (Å²) in [7, 11) is 1.61. The van der Waals surface area contributed by atoms with Gasteiger partial charge in [0, 0.05) is 12.6 Å². The number of carbonyl (C=O) groups is 1. The molecule has 1 aromatic carbocycles. The van der Waals surface area contributed by atoms with E-state index in [4.69, 9.17) is 10.5 Å². The van der Waals surface area contributed by atoms with Crippen LogP contribution in [0.5, 0.6) is 5.75 Å². The van der Waals surface area contributed by atoms with Crippen LogP contribution in [0.4, 0.5) is 0 Å². The maximum atomic E-state index is 12.1. The van der Waals surface area contributed by atoms with Crippen molar-refractivity contribution in [1.82, 2.24) is 20.3 Å². The molecule has 0 saturated heterocycles. The first-order valence-electron chi connectivity index (χ1n) is 7.13. The number of hydrogen-bond acceptors (Lipinski definition) is 5. The van der Waals surface area contributed by atoms with Gasteiger partial charge in [0.2, 0.25) is 0 Å². The van der Waals surface area contributed by atoms with Gasteiger partial charge >= 0.3 is 0 Å².